The summed E-state index contributed by atoms with van der Waals surface area (Å²) in [6.45, 7) is 6.38. The first-order valence-corrected chi connectivity index (χ1v) is 8.73. The Balaban J connectivity index is 1.87. The quantitative estimate of drug-likeness (QED) is 0.723. The third-order valence-corrected chi connectivity index (χ3v) is 4.18. The van der Waals surface area contributed by atoms with E-state index in [4.69, 9.17) is 16.2 Å². The summed E-state index contributed by atoms with van der Waals surface area (Å²) in [6.07, 6.45) is 0. The molecule has 3 aromatic rings. The molecular formula is C21H24N4O2. The van der Waals surface area contributed by atoms with Gasteiger partial charge in [-0.2, -0.15) is 5.10 Å². The Bertz CT molecular complexity index is 939. The van der Waals surface area contributed by atoms with Gasteiger partial charge in [-0.05, 0) is 50.6 Å². The number of hydrogen-bond donors (Lipinski definition) is 2. The van der Waals surface area contributed by atoms with Crippen molar-refractivity contribution in [2.24, 2.45) is 5.73 Å². The van der Waals surface area contributed by atoms with Gasteiger partial charge in [0.05, 0.1) is 5.54 Å². The molecule has 0 unspecified atom stereocenters. The van der Waals surface area contributed by atoms with Crippen molar-refractivity contribution < 1.29 is 9.53 Å². The fourth-order valence-corrected chi connectivity index (χ4v) is 2.84. The standard InChI is InChI=1S/C21H24N4O2/c1-21(2,3)25-19(22)17(20(23)26)18(24-25)15-9-11-16(12-10-15)27-13-14-7-5-4-6-8-14/h4-12H,13,22H2,1-3H3,(H2,23,26). The number of carbonyl (C=O) groups excluding carboxylic acids is 1. The molecule has 6 nitrogen and oxygen atoms in total. The number of benzene rings is 2. The van der Waals surface area contributed by atoms with Crippen LogP contribution in [0.1, 0.15) is 36.7 Å². The van der Waals surface area contributed by atoms with E-state index in [1.807, 2.05) is 75.4 Å². The summed E-state index contributed by atoms with van der Waals surface area (Å²) in [7, 11) is 0. The fourth-order valence-electron chi connectivity index (χ4n) is 2.84. The number of primary amides is 1. The Morgan fingerprint density at radius 1 is 1.07 bits per heavy atom. The lowest BCUT2D eigenvalue weighted by Crippen LogP contribution is -2.25. The smallest absolute Gasteiger partial charge is 0.254 e. The second-order valence-corrected chi connectivity index (χ2v) is 7.35. The minimum absolute atomic E-state index is 0.239. The van der Waals surface area contributed by atoms with E-state index in [0.717, 1.165) is 16.9 Å². The molecule has 6 heteroatoms. The molecule has 0 saturated carbocycles. The zero-order valence-electron chi connectivity index (χ0n) is 15.8. The predicted molar refractivity (Wildman–Crippen MR) is 106 cm³/mol. The summed E-state index contributed by atoms with van der Waals surface area (Å²) < 4.78 is 7.43. The lowest BCUT2D eigenvalue weighted by molar-refractivity contribution is 0.100. The van der Waals surface area contributed by atoms with E-state index in [0.29, 0.717) is 12.3 Å². The fraction of sp³-hybridized carbons (Fsp3) is 0.238. The van der Waals surface area contributed by atoms with Crippen LogP contribution in [0.2, 0.25) is 0 Å². The van der Waals surface area contributed by atoms with Crippen molar-refractivity contribution in [2.45, 2.75) is 32.9 Å². The Morgan fingerprint density at radius 3 is 2.26 bits per heavy atom. The Labute approximate surface area is 158 Å². The van der Waals surface area contributed by atoms with Crippen molar-refractivity contribution >= 4 is 11.7 Å². The van der Waals surface area contributed by atoms with Crippen molar-refractivity contribution in [3.05, 3.63) is 65.7 Å². The number of rotatable bonds is 5. The van der Waals surface area contributed by atoms with E-state index < -0.39 is 5.91 Å². The van der Waals surface area contributed by atoms with Crippen LogP contribution in [-0.2, 0) is 12.1 Å². The van der Waals surface area contributed by atoms with Crippen molar-refractivity contribution in [3.63, 3.8) is 0 Å². The average molecular weight is 364 g/mol. The van der Waals surface area contributed by atoms with Crippen molar-refractivity contribution in [1.29, 1.82) is 0 Å². The molecule has 2 aromatic carbocycles. The van der Waals surface area contributed by atoms with Crippen LogP contribution in [0.3, 0.4) is 0 Å². The molecule has 0 atom stereocenters. The van der Waals surface area contributed by atoms with Crippen molar-refractivity contribution in [3.8, 4) is 17.0 Å². The maximum atomic E-state index is 11.9. The largest absolute Gasteiger partial charge is 0.489 e. The molecule has 140 valence electrons. The van der Waals surface area contributed by atoms with Crippen LogP contribution in [0.4, 0.5) is 5.82 Å². The number of amides is 1. The van der Waals surface area contributed by atoms with Crippen LogP contribution in [-0.4, -0.2) is 15.7 Å². The topological polar surface area (TPSA) is 96.2 Å². The number of aromatic nitrogens is 2. The van der Waals surface area contributed by atoms with Gasteiger partial charge in [0.2, 0.25) is 0 Å². The van der Waals surface area contributed by atoms with E-state index in [1.54, 1.807) is 4.68 Å². The van der Waals surface area contributed by atoms with Gasteiger partial charge in [0, 0.05) is 5.56 Å². The summed E-state index contributed by atoms with van der Waals surface area (Å²) in [4.78, 5) is 11.9. The van der Waals surface area contributed by atoms with Crippen LogP contribution >= 0.6 is 0 Å². The summed E-state index contributed by atoms with van der Waals surface area (Å²) in [5.41, 5.74) is 13.9. The van der Waals surface area contributed by atoms with Gasteiger partial charge in [0.25, 0.3) is 5.91 Å². The maximum absolute atomic E-state index is 11.9. The first kappa shape index (κ1) is 18.5. The molecule has 27 heavy (non-hydrogen) atoms. The van der Waals surface area contributed by atoms with Gasteiger partial charge >= 0.3 is 0 Å². The van der Waals surface area contributed by atoms with Crippen molar-refractivity contribution in [1.82, 2.24) is 9.78 Å². The molecule has 1 amide bonds. The highest BCUT2D eigenvalue weighted by Crippen LogP contribution is 2.31. The maximum Gasteiger partial charge on any atom is 0.254 e. The molecule has 0 aliphatic carbocycles. The number of anilines is 1. The van der Waals surface area contributed by atoms with Crippen molar-refractivity contribution in [2.75, 3.05) is 5.73 Å². The number of nitrogens with two attached hydrogens (primary N) is 2. The van der Waals surface area contributed by atoms with Gasteiger partial charge in [-0.15, -0.1) is 0 Å². The normalized spacial score (nSPS) is 11.4. The van der Waals surface area contributed by atoms with Crippen LogP contribution in [0.5, 0.6) is 5.75 Å². The van der Waals surface area contributed by atoms with E-state index in [-0.39, 0.29) is 16.9 Å². The second kappa shape index (κ2) is 7.15. The van der Waals surface area contributed by atoms with Gasteiger partial charge in [-0.3, -0.25) is 4.79 Å². The summed E-state index contributed by atoms with van der Waals surface area (Å²) >= 11 is 0. The zero-order chi connectivity index (χ0) is 19.6. The summed E-state index contributed by atoms with van der Waals surface area (Å²) in [6, 6.07) is 17.3. The second-order valence-electron chi connectivity index (χ2n) is 7.35. The highest BCUT2D eigenvalue weighted by molar-refractivity contribution is 6.03. The number of nitrogen functional groups attached to an aromatic ring is 1. The van der Waals surface area contributed by atoms with Crippen LogP contribution in [0.25, 0.3) is 11.3 Å². The van der Waals surface area contributed by atoms with E-state index in [1.165, 1.54) is 0 Å². The zero-order valence-corrected chi connectivity index (χ0v) is 15.8. The van der Waals surface area contributed by atoms with E-state index in [2.05, 4.69) is 5.10 Å². The first-order valence-electron chi connectivity index (χ1n) is 8.73. The molecule has 0 fully saturated rings. The lowest BCUT2D eigenvalue weighted by atomic mass is 10.1. The predicted octanol–water partition coefficient (Wildman–Crippen LogP) is 3.57. The molecule has 0 spiro atoms. The lowest BCUT2D eigenvalue weighted by Gasteiger charge is -2.20. The third kappa shape index (κ3) is 3.95. The molecule has 1 heterocycles. The molecule has 0 radical (unpaired) electrons. The Hall–Kier alpha value is -3.28. The molecule has 0 bridgehead atoms. The van der Waals surface area contributed by atoms with Gasteiger partial charge in [0.15, 0.2) is 0 Å². The minimum Gasteiger partial charge on any atom is -0.489 e. The van der Waals surface area contributed by atoms with Crippen LogP contribution in [0.15, 0.2) is 54.6 Å². The summed E-state index contributed by atoms with van der Waals surface area (Å²) in [5, 5.41) is 4.55. The third-order valence-electron chi connectivity index (χ3n) is 4.18. The highest BCUT2D eigenvalue weighted by Gasteiger charge is 2.26. The van der Waals surface area contributed by atoms with Crippen LogP contribution < -0.4 is 16.2 Å². The van der Waals surface area contributed by atoms with Gasteiger partial charge < -0.3 is 16.2 Å². The summed E-state index contributed by atoms with van der Waals surface area (Å²) in [5.74, 6) is 0.406. The van der Waals surface area contributed by atoms with Gasteiger partial charge in [-0.25, -0.2) is 4.68 Å². The van der Waals surface area contributed by atoms with Gasteiger partial charge in [0.1, 0.15) is 29.4 Å². The van der Waals surface area contributed by atoms with E-state index >= 15 is 0 Å². The highest BCUT2D eigenvalue weighted by atomic mass is 16.5. The molecule has 3 rings (SSSR count). The molecule has 0 aliphatic rings. The minimum atomic E-state index is -0.595. The monoisotopic (exact) mass is 364 g/mol. The first-order chi connectivity index (χ1) is 12.8. The van der Waals surface area contributed by atoms with Crippen LogP contribution in [0, 0.1) is 0 Å². The Kier molecular flexibility index (Phi) is 4.90. The number of nitrogens with zero attached hydrogens (tertiary/aromatic N) is 2. The molecular weight excluding hydrogens is 340 g/mol. The SMILES string of the molecule is CC(C)(C)n1nc(-c2ccc(OCc3ccccc3)cc2)c(C(N)=O)c1N. The molecule has 4 N–H and O–H groups in total. The number of carbonyl (C=O) groups is 1. The number of ether oxygens (including phenoxy) is 1. The average Bonchev–Trinajstić information content (AvgIpc) is 2.99. The molecule has 1 aromatic heterocycles. The Morgan fingerprint density at radius 2 is 1.70 bits per heavy atom. The molecule has 0 aliphatic heterocycles. The van der Waals surface area contributed by atoms with E-state index in [9.17, 15) is 4.79 Å². The van der Waals surface area contributed by atoms with Gasteiger partial charge in [-0.1, -0.05) is 30.3 Å². The molecule has 0 saturated heterocycles. The number of hydrogen-bond acceptors (Lipinski definition) is 4.